The Labute approximate surface area is 110 Å². The van der Waals surface area contributed by atoms with Gasteiger partial charge >= 0.3 is 5.97 Å². The lowest BCUT2D eigenvalue weighted by atomic mass is 10.1. The summed E-state index contributed by atoms with van der Waals surface area (Å²) in [5.41, 5.74) is 10.9. The minimum absolute atomic E-state index is 0.134. The zero-order valence-electron chi connectivity index (χ0n) is 10.3. The van der Waals surface area contributed by atoms with E-state index in [9.17, 15) is 4.79 Å². The fraction of sp³-hybridized carbons (Fsp3) is 0.250. The first-order valence-corrected chi connectivity index (χ1v) is 5.49. The fourth-order valence-corrected chi connectivity index (χ4v) is 1.62. The third-order valence-corrected chi connectivity index (χ3v) is 2.78. The maximum Gasteiger partial charge on any atom is 0.340 e. The van der Waals surface area contributed by atoms with Gasteiger partial charge in [-0.25, -0.2) is 4.79 Å². The maximum atomic E-state index is 11.4. The van der Waals surface area contributed by atoms with E-state index in [1.807, 2.05) is 19.9 Å². The predicted octanol–water partition coefficient (Wildman–Crippen LogP) is 3.78. The highest BCUT2D eigenvalue weighted by atomic mass is 35.5. The van der Waals surface area contributed by atoms with Gasteiger partial charge in [-0.3, -0.25) is 0 Å². The van der Waals surface area contributed by atoms with Crippen LogP contribution < -0.4 is 0 Å². The highest BCUT2D eigenvalue weighted by Crippen LogP contribution is 2.23. The summed E-state index contributed by atoms with van der Waals surface area (Å²) in [5.74, 6) is -0.706. The Kier molecular flexibility index (Phi) is 4.77. The first kappa shape index (κ1) is 14.1. The molecule has 0 unspecified atom stereocenters. The number of halogens is 1. The zero-order valence-corrected chi connectivity index (χ0v) is 11.0. The summed E-state index contributed by atoms with van der Waals surface area (Å²) in [6.45, 7) is 3.86. The molecule has 6 heteroatoms. The smallest absolute Gasteiger partial charge is 0.340 e. The standard InChI is InChI=1S/C12H12ClN3O2/c1-7-4-9(10(13)5-8(7)2)6-11(15-16-14)12(17)18-3/h4-6H,1-3H3/b11-6-. The van der Waals surface area contributed by atoms with Crippen molar-refractivity contribution in [2.75, 3.05) is 7.11 Å². The molecule has 5 nitrogen and oxygen atoms in total. The number of ether oxygens (including phenoxy) is 1. The van der Waals surface area contributed by atoms with Crippen molar-refractivity contribution in [2.45, 2.75) is 13.8 Å². The normalized spacial score (nSPS) is 10.8. The summed E-state index contributed by atoms with van der Waals surface area (Å²) in [6, 6.07) is 3.60. The van der Waals surface area contributed by atoms with Gasteiger partial charge in [0.25, 0.3) is 0 Å². The molecule has 0 atom stereocenters. The second-order valence-corrected chi connectivity index (χ2v) is 4.08. The Morgan fingerprint density at radius 1 is 1.44 bits per heavy atom. The largest absolute Gasteiger partial charge is 0.466 e. The quantitative estimate of drug-likeness (QED) is 0.274. The molecule has 1 aromatic rings. The molecule has 0 aliphatic carbocycles. The molecule has 94 valence electrons. The second kappa shape index (κ2) is 6.10. The summed E-state index contributed by atoms with van der Waals surface area (Å²) < 4.78 is 4.52. The summed E-state index contributed by atoms with van der Waals surface area (Å²) in [7, 11) is 1.21. The fourth-order valence-electron chi connectivity index (χ4n) is 1.34. The summed E-state index contributed by atoms with van der Waals surface area (Å²) in [6.07, 6.45) is 1.40. The van der Waals surface area contributed by atoms with Gasteiger partial charge in [0.1, 0.15) is 5.70 Å². The van der Waals surface area contributed by atoms with Crippen LogP contribution in [-0.4, -0.2) is 13.1 Å². The Balaban J connectivity index is 3.32. The third kappa shape index (κ3) is 3.26. The van der Waals surface area contributed by atoms with Gasteiger partial charge in [-0.05, 0) is 48.2 Å². The number of hydrogen-bond acceptors (Lipinski definition) is 3. The molecule has 0 fully saturated rings. The number of esters is 1. The van der Waals surface area contributed by atoms with Crippen molar-refractivity contribution in [3.63, 3.8) is 0 Å². The first-order valence-electron chi connectivity index (χ1n) is 5.11. The van der Waals surface area contributed by atoms with Crippen molar-refractivity contribution in [1.82, 2.24) is 0 Å². The number of nitrogens with zero attached hydrogens (tertiary/aromatic N) is 3. The molecule has 0 radical (unpaired) electrons. The van der Waals surface area contributed by atoms with E-state index in [4.69, 9.17) is 17.1 Å². The van der Waals surface area contributed by atoms with Crippen LogP contribution in [0.3, 0.4) is 0 Å². The molecule has 0 amide bonds. The lowest BCUT2D eigenvalue weighted by molar-refractivity contribution is -0.136. The van der Waals surface area contributed by atoms with Crippen LogP contribution in [0.25, 0.3) is 16.5 Å². The van der Waals surface area contributed by atoms with E-state index in [1.54, 1.807) is 6.07 Å². The first-order chi connectivity index (χ1) is 8.49. The minimum Gasteiger partial charge on any atom is -0.466 e. The highest BCUT2D eigenvalue weighted by molar-refractivity contribution is 6.32. The van der Waals surface area contributed by atoms with Crippen molar-refractivity contribution in [3.05, 3.63) is 50.0 Å². The Morgan fingerprint density at radius 2 is 2.06 bits per heavy atom. The molecule has 18 heavy (non-hydrogen) atoms. The van der Waals surface area contributed by atoms with E-state index >= 15 is 0 Å². The Hall–Kier alpha value is -1.97. The molecule has 0 N–H and O–H groups in total. The molecule has 0 heterocycles. The number of azide groups is 1. The van der Waals surface area contributed by atoms with Crippen molar-refractivity contribution in [2.24, 2.45) is 5.11 Å². The van der Waals surface area contributed by atoms with Crippen molar-refractivity contribution < 1.29 is 9.53 Å². The van der Waals surface area contributed by atoms with Crippen LogP contribution in [0.2, 0.25) is 5.02 Å². The molecule has 1 rings (SSSR count). The van der Waals surface area contributed by atoms with Gasteiger partial charge < -0.3 is 4.74 Å². The number of carbonyl (C=O) groups is 1. The molecule has 1 aromatic carbocycles. The van der Waals surface area contributed by atoms with Crippen LogP contribution >= 0.6 is 11.6 Å². The van der Waals surface area contributed by atoms with Gasteiger partial charge in [0.15, 0.2) is 0 Å². The van der Waals surface area contributed by atoms with E-state index in [-0.39, 0.29) is 5.70 Å². The number of aryl methyl sites for hydroxylation is 2. The number of hydrogen-bond donors (Lipinski definition) is 0. The van der Waals surface area contributed by atoms with Crippen LogP contribution in [0.5, 0.6) is 0 Å². The highest BCUT2D eigenvalue weighted by Gasteiger charge is 2.09. The van der Waals surface area contributed by atoms with Gasteiger partial charge in [0.2, 0.25) is 0 Å². The van der Waals surface area contributed by atoms with Gasteiger partial charge in [-0.15, -0.1) is 0 Å². The molecule has 0 saturated carbocycles. The monoisotopic (exact) mass is 265 g/mol. The van der Waals surface area contributed by atoms with Crippen LogP contribution in [-0.2, 0) is 9.53 Å². The SMILES string of the molecule is COC(=O)/C(=C/c1cc(C)c(C)cc1Cl)N=[N+]=[N-]. The molecule has 0 spiro atoms. The number of benzene rings is 1. The summed E-state index contributed by atoms with van der Waals surface area (Å²) in [5, 5.41) is 3.77. The van der Waals surface area contributed by atoms with E-state index in [0.717, 1.165) is 11.1 Å². The van der Waals surface area contributed by atoms with Crippen molar-refractivity contribution >= 4 is 23.6 Å². The van der Waals surface area contributed by atoms with Crippen LogP contribution in [0, 0.1) is 13.8 Å². The summed E-state index contributed by atoms with van der Waals surface area (Å²) >= 11 is 6.06. The van der Waals surface area contributed by atoms with Crippen LogP contribution in [0.1, 0.15) is 16.7 Å². The van der Waals surface area contributed by atoms with E-state index in [0.29, 0.717) is 10.6 Å². The average Bonchev–Trinajstić information content (AvgIpc) is 2.34. The summed E-state index contributed by atoms with van der Waals surface area (Å²) in [4.78, 5) is 14.0. The van der Waals surface area contributed by atoms with Gasteiger partial charge in [-0.2, -0.15) is 0 Å². The zero-order chi connectivity index (χ0) is 13.7. The molecule has 0 bridgehead atoms. The maximum absolute atomic E-state index is 11.4. The number of rotatable bonds is 3. The van der Waals surface area contributed by atoms with Gasteiger partial charge in [0.05, 0.1) is 7.11 Å². The van der Waals surface area contributed by atoms with Crippen molar-refractivity contribution in [3.8, 4) is 0 Å². The Morgan fingerprint density at radius 3 is 2.61 bits per heavy atom. The van der Waals surface area contributed by atoms with Gasteiger partial charge in [-0.1, -0.05) is 22.8 Å². The number of methoxy groups -OCH3 is 1. The third-order valence-electron chi connectivity index (χ3n) is 2.45. The topological polar surface area (TPSA) is 75.1 Å². The minimum atomic E-state index is -0.706. The lowest BCUT2D eigenvalue weighted by Gasteiger charge is -2.05. The molecule has 0 aliphatic heterocycles. The molecule has 0 aromatic heterocycles. The average molecular weight is 266 g/mol. The van der Waals surface area contributed by atoms with Gasteiger partial charge in [0, 0.05) is 9.93 Å². The second-order valence-electron chi connectivity index (χ2n) is 3.67. The molecular weight excluding hydrogens is 254 g/mol. The van der Waals surface area contributed by atoms with Crippen molar-refractivity contribution in [1.29, 1.82) is 0 Å². The number of carbonyl (C=O) groups excluding carboxylic acids is 1. The van der Waals surface area contributed by atoms with Crippen LogP contribution in [0.15, 0.2) is 22.9 Å². The lowest BCUT2D eigenvalue weighted by Crippen LogP contribution is -2.02. The molecule has 0 saturated heterocycles. The molecule has 0 aliphatic rings. The van der Waals surface area contributed by atoms with E-state index in [2.05, 4.69) is 14.8 Å². The van der Waals surface area contributed by atoms with E-state index < -0.39 is 5.97 Å². The van der Waals surface area contributed by atoms with Crippen LogP contribution in [0.4, 0.5) is 0 Å². The predicted molar refractivity (Wildman–Crippen MR) is 70.1 cm³/mol. The molecular formula is C12H12ClN3O2. The Bertz CT molecular complexity index is 561. The van der Waals surface area contributed by atoms with E-state index in [1.165, 1.54) is 13.2 Å².